The normalized spacial score (nSPS) is 11.8. The Morgan fingerprint density at radius 2 is 1.64 bits per heavy atom. The van der Waals surface area contributed by atoms with Gasteiger partial charge in [0, 0.05) is 17.9 Å². The van der Waals surface area contributed by atoms with Crippen LogP contribution < -0.4 is 9.50 Å². The lowest BCUT2D eigenvalue weighted by Crippen LogP contribution is -2.29. The number of rotatable bonds is 8. The van der Waals surface area contributed by atoms with Crippen LogP contribution in [-0.4, -0.2) is 40.8 Å². The van der Waals surface area contributed by atoms with Gasteiger partial charge < -0.3 is 9.50 Å². The van der Waals surface area contributed by atoms with Gasteiger partial charge in [0.25, 0.3) is 5.91 Å². The number of hydrogen-bond acceptors (Lipinski definition) is 6. The van der Waals surface area contributed by atoms with E-state index in [-0.39, 0.29) is 34.3 Å². The van der Waals surface area contributed by atoms with Crippen molar-refractivity contribution in [1.82, 2.24) is 5.32 Å². The van der Waals surface area contributed by atoms with Crippen LogP contribution >= 0.6 is 0 Å². The summed E-state index contributed by atoms with van der Waals surface area (Å²) in [5.41, 5.74) is 1.64. The maximum atomic E-state index is 12.5. The van der Waals surface area contributed by atoms with E-state index in [1.807, 2.05) is 6.07 Å². The monoisotopic (exact) mass is 425 g/mol. The van der Waals surface area contributed by atoms with Crippen molar-refractivity contribution in [3.63, 3.8) is 0 Å². The fourth-order valence-electron chi connectivity index (χ4n) is 2.38. The number of carbonyl (C=O) groups is 1. The Morgan fingerprint density at radius 1 is 1.00 bits per heavy atom. The minimum atomic E-state index is -4.00. The summed E-state index contributed by atoms with van der Waals surface area (Å²) in [5.74, 6) is -0.491. The lowest BCUT2D eigenvalue weighted by molar-refractivity contribution is 0.0956. The molecule has 2 aromatic carbocycles. The van der Waals surface area contributed by atoms with Crippen molar-refractivity contribution in [2.24, 2.45) is 0 Å². The highest BCUT2D eigenvalue weighted by Gasteiger charge is 2.20. The van der Waals surface area contributed by atoms with Gasteiger partial charge >= 0.3 is 10.1 Å². The third kappa shape index (κ3) is 5.80. The lowest BCUT2D eigenvalue weighted by Gasteiger charge is -2.11. The average Bonchev–Trinajstić information content (AvgIpc) is 2.63. The predicted molar refractivity (Wildman–Crippen MR) is 107 cm³/mol. The summed E-state index contributed by atoms with van der Waals surface area (Å²) in [5, 5.41) is 2.52. The molecule has 0 fully saturated rings. The van der Waals surface area contributed by atoms with E-state index in [1.54, 1.807) is 26.8 Å². The Balaban J connectivity index is 2.06. The third-order valence-electron chi connectivity index (χ3n) is 4.07. The summed E-state index contributed by atoms with van der Waals surface area (Å²) in [7, 11) is -7.16. The molecule has 0 saturated carbocycles. The lowest BCUT2D eigenvalue weighted by atomic mass is 10.2. The summed E-state index contributed by atoms with van der Waals surface area (Å²) in [6, 6.07) is 10.6. The largest absolute Gasteiger partial charge is 0.379 e. The van der Waals surface area contributed by atoms with Crippen LogP contribution in [0.2, 0.25) is 0 Å². The average molecular weight is 426 g/mol. The molecule has 0 saturated heterocycles. The van der Waals surface area contributed by atoms with Gasteiger partial charge in [-0.1, -0.05) is 19.1 Å². The van der Waals surface area contributed by atoms with E-state index in [4.69, 9.17) is 4.18 Å². The molecule has 28 heavy (non-hydrogen) atoms. The molecule has 0 aliphatic heterocycles. The molecule has 7 nitrogen and oxygen atoms in total. The number of nitrogens with one attached hydrogen (secondary N) is 1. The zero-order chi connectivity index (χ0) is 20.9. The molecule has 0 atom stereocenters. The zero-order valence-corrected chi connectivity index (χ0v) is 17.6. The quantitative estimate of drug-likeness (QED) is 0.650. The molecule has 1 N–H and O–H groups in total. The van der Waals surface area contributed by atoms with Crippen molar-refractivity contribution in [2.45, 2.75) is 25.7 Å². The van der Waals surface area contributed by atoms with E-state index in [0.29, 0.717) is 5.56 Å². The second-order valence-electron chi connectivity index (χ2n) is 6.32. The van der Waals surface area contributed by atoms with Gasteiger partial charge in [0.05, 0.1) is 5.75 Å². The zero-order valence-electron chi connectivity index (χ0n) is 15.9. The maximum Gasteiger partial charge on any atom is 0.339 e. The first kappa shape index (κ1) is 21.9. The Hall–Kier alpha value is -2.39. The van der Waals surface area contributed by atoms with E-state index in [1.165, 1.54) is 30.3 Å². The first-order valence-electron chi connectivity index (χ1n) is 8.64. The summed E-state index contributed by atoms with van der Waals surface area (Å²) < 4.78 is 53.0. The molecule has 2 rings (SSSR count). The van der Waals surface area contributed by atoms with E-state index < -0.39 is 25.9 Å². The maximum absolute atomic E-state index is 12.5. The standard InChI is InChI=1S/C19H23NO6S2/c1-4-27(22,23)12-11-20-19(21)16-7-9-17(10-8-16)26-28(24,25)18-13-14(2)5-6-15(18)3/h5-10,13H,4,11-12H2,1-3H3,(H,20,21). The molecule has 9 heteroatoms. The van der Waals surface area contributed by atoms with Gasteiger partial charge in [-0.05, 0) is 55.3 Å². The minimum absolute atomic E-state index is 0.00821. The first-order chi connectivity index (χ1) is 13.0. The fraction of sp³-hybridized carbons (Fsp3) is 0.316. The number of sulfone groups is 1. The van der Waals surface area contributed by atoms with Crippen LogP contribution in [-0.2, 0) is 20.0 Å². The van der Waals surface area contributed by atoms with Crippen molar-refractivity contribution < 1.29 is 25.8 Å². The number of carbonyl (C=O) groups excluding carboxylic acids is 1. The van der Waals surface area contributed by atoms with Crippen molar-refractivity contribution in [1.29, 1.82) is 0 Å². The first-order valence-corrected chi connectivity index (χ1v) is 11.9. The van der Waals surface area contributed by atoms with Crippen molar-refractivity contribution in [3.8, 4) is 5.75 Å². The van der Waals surface area contributed by atoms with Gasteiger partial charge in [-0.15, -0.1) is 0 Å². The minimum Gasteiger partial charge on any atom is -0.379 e. The molecule has 0 unspecified atom stereocenters. The van der Waals surface area contributed by atoms with Crippen LogP contribution in [0.15, 0.2) is 47.4 Å². The molecule has 0 aromatic heterocycles. The van der Waals surface area contributed by atoms with Crippen LogP contribution in [0.5, 0.6) is 5.75 Å². The molecule has 2 aromatic rings. The molecule has 0 bridgehead atoms. The van der Waals surface area contributed by atoms with Gasteiger partial charge in [0.15, 0.2) is 9.84 Å². The topological polar surface area (TPSA) is 107 Å². The highest BCUT2D eigenvalue weighted by Crippen LogP contribution is 2.22. The van der Waals surface area contributed by atoms with Crippen LogP contribution in [0.25, 0.3) is 0 Å². The van der Waals surface area contributed by atoms with Gasteiger partial charge in [0.1, 0.15) is 10.6 Å². The van der Waals surface area contributed by atoms with Crippen molar-refractivity contribution in [2.75, 3.05) is 18.1 Å². The molecule has 0 spiro atoms. The molecule has 1 amide bonds. The van der Waals surface area contributed by atoms with Crippen LogP contribution in [0.1, 0.15) is 28.4 Å². The van der Waals surface area contributed by atoms with Crippen LogP contribution in [0.3, 0.4) is 0 Å². The molecule has 0 aliphatic rings. The van der Waals surface area contributed by atoms with Gasteiger partial charge in [0.2, 0.25) is 0 Å². The van der Waals surface area contributed by atoms with E-state index in [0.717, 1.165) is 5.56 Å². The van der Waals surface area contributed by atoms with E-state index in [2.05, 4.69) is 5.32 Å². The Labute approximate surface area is 165 Å². The van der Waals surface area contributed by atoms with E-state index in [9.17, 15) is 21.6 Å². The van der Waals surface area contributed by atoms with Crippen molar-refractivity contribution in [3.05, 3.63) is 59.2 Å². The van der Waals surface area contributed by atoms with Gasteiger partial charge in [-0.3, -0.25) is 4.79 Å². The van der Waals surface area contributed by atoms with Gasteiger partial charge in [-0.2, -0.15) is 8.42 Å². The number of hydrogen-bond donors (Lipinski definition) is 1. The van der Waals surface area contributed by atoms with Crippen LogP contribution in [0.4, 0.5) is 0 Å². The molecule has 152 valence electrons. The summed E-state index contributed by atoms with van der Waals surface area (Å²) in [4.78, 5) is 12.1. The Morgan fingerprint density at radius 3 is 2.25 bits per heavy atom. The summed E-state index contributed by atoms with van der Waals surface area (Å²) in [6.07, 6.45) is 0. The van der Waals surface area contributed by atoms with E-state index >= 15 is 0 Å². The second-order valence-corrected chi connectivity index (χ2v) is 10.3. The SMILES string of the molecule is CCS(=O)(=O)CCNC(=O)c1ccc(OS(=O)(=O)c2cc(C)ccc2C)cc1. The number of amides is 1. The second kappa shape index (κ2) is 8.74. The van der Waals surface area contributed by atoms with Crippen LogP contribution in [0, 0.1) is 13.8 Å². The number of benzene rings is 2. The Bertz CT molecular complexity index is 1060. The third-order valence-corrected chi connectivity index (χ3v) is 7.17. The van der Waals surface area contributed by atoms with Gasteiger partial charge in [-0.25, -0.2) is 8.42 Å². The molecule has 0 aliphatic carbocycles. The highest BCUT2D eigenvalue weighted by molar-refractivity contribution is 7.91. The Kier molecular flexibility index (Phi) is 6.84. The van der Waals surface area contributed by atoms with Crippen molar-refractivity contribution >= 4 is 25.9 Å². The molecular formula is C19H23NO6S2. The number of aryl methyl sites for hydroxylation is 2. The smallest absolute Gasteiger partial charge is 0.339 e. The fourth-order valence-corrected chi connectivity index (χ4v) is 4.33. The summed E-state index contributed by atoms with van der Waals surface area (Å²) >= 11 is 0. The predicted octanol–water partition coefficient (Wildman–Crippen LogP) is 2.24. The highest BCUT2D eigenvalue weighted by atomic mass is 32.2. The molecular weight excluding hydrogens is 402 g/mol. The summed E-state index contributed by atoms with van der Waals surface area (Å²) in [6.45, 7) is 5.02. The molecule has 0 heterocycles. The molecule has 0 radical (unpaired) electrons.